The molecule has 21 heavy (non-hydrogen) atoms. The maximum atomic E-state index is 5.79. The Kier molecular flexibility index (Phi) is 4.18. The lowest BCUT2D eigenvalue weighted by Crippen LogP contribution is -2.26. The SMILES string of the molecule is CNCC1COCc2c(-c3ccnc(OC)c3)cccc21. The van der Waals surface area contributed by atoms with Gasteiger partial charge in [-0.25, -0.2) is 4.98 Å². The smallest absolute Gasteiger partial charge is 0.213 e. The molecule has 4 nitrogen and oxygen atoms in total. The topological polar surface area (TPSA) is 43.4 Å². The molecule has 0 fully saturated rings. The van der Waals surface area contributed by atoms with Gasteiger partial charge in [0.2, 0.25) is 5.88 Å². The largest absolute Gasteiger partial charge is 0.481 e. The third-order valence-electron chi connectivity index (χ3n) is 3.92. The summed E-state index contributed by atoms with van der Waals surface area (Å²) < 4.78 is 11.0. The van der Waals surface area contributed by atoms with E-state index in [0.717, 1.165) is 18.7 Å². The summed E-state index contributed by atoms with van der Waals surface area (Å²) in [5.74, 6) is 1.04. The molecule has 0 amide bonds. The van der Waals surface area contributed by atoms with Crippen molar-refractivity contribution < 1.29 is 9.47 Å². The van der Waals surface area contributed by atoms with Crippen molar-refractivity contribution in [2.75, 3.05) is 27.3 Å². The Bertz CT molecular complexity index is 628. The fourth-order valence-corrected chi connectivity index (χ4v) is 2.92. The lowest BCUT2D eigenvalue weighted by atomic mass is 9.88. The minimum Gasteiger partial charge on any atom is -0.481 e. The van der Waals surface area contributed by atoms with E-state index in [1.165, 1.54) is 16.7 Å². The Hall–Kier alpha value is -1.91. The van der Waals surface area contributed by atoms with Gasteiger partial charge in [-0.2, -0.15) is 0 Å². The van der Waals surface area contributed by atoms with Crippen LogP contribution in [0.15, 0.2) is 36.5 Å². The number of nitrogens with zero attached hydrogens (tertiary/aromatic N) is 1. The van der Waals surface area contributed by atoms with Gasteiger partial charge in [-0.3, -0.25) is 0 Å². The first-order valence-electron chi connectivity index (χ1n) is 7.18. The van der Waals surface area contributed by atoms with E-state index in [4.69, 9.17) is 9.47 Å². The summed E-state index contributed by atoms with van der Waals surface area (Å²) >= 11 is 0. The zero-order valence-electron chi connectivity index (χ0n) is 12.4. The van der Waals surface area contributed by atoms with E-state index in [-0.39, 0.29) is 0 Å². The van der Waals surface area contributed by atoms with Gasteiger partial charge < -0.3 is 14.8 Å². The number of aromatic nitrogens is 1. The highest BCUT2D eigenvalue weighted by atomic mass is 16.5. The van der Waals surface area contributed by atoms with E-state index >= 15 is 0 Å². The molecule has 4 heteroatoms. The molecule has 1 aromatic carbocycles. The number of hydrogen-bond acceptors (Lipinski definition) is 4. The third kappa shape index (κ3) is 2.77. The lowest BCUT2D eigenvalue weighted by molar-refractivity contribution is 0.0915. The Morgan fingerprint density at radius 3 is 3.10 bits per heavy atom. The molecule has 2 heterocycles. The quantitative estimate of drug-likeness (QED) is 0.937. The molecule has 0 saturated heterocycles. The maximum absolute atomic E-state index is 5.79. The second-order valence-corrected chi connectivity index (χ2v) is 5.23. The van der Waals surface area contributed by atoms with Gasteiger partial charge >= 0.3 is 0 Å². The number of methoxy groups -OCH3 is 1. The molecule has 0 radical (unpaired) electrons. The first kappa shape index (κ1) is 14.0. The first-order valence-corrected chi connectivity index (χ1v) is 7.18. The van der Waals surface area contributed by atoms with Gasteiger partial charge in [0.05, 0.1) is 20.3 Å². The lowest BCUT2D eigenvalue weighted by Gasteiger charge is -2.27. The molecule has 3 rings (SSSR count). The fourth-order valence-electron chi connectivity index (χ4n) is 2.92. The van der Waals surface area contributed by atoms with Gasteiger partial charge in [0.1, 0.15) is 0 Å². The van der Waals surface area contributed by atoms with Gasteiger partial charge in [0.25, 0.3) is 0 Å². The minimum absolute atomic E-state index is 0.405. The molecular formula is C17H20N2O2. The van der Waals surface area contributed by atoms with E-state index < -0.39 is 0 Å². The van der Waals surface area contributed by atoms with E-state index in [9.17, 15) is 0 Å². The molecule has 1 atom stereocenters. The Morgan fingerprint density at radius 2 is 2.29 bits per heavy atom. The van der Waals surface area contributed by atoms with E-state index in [0.29, 0.717) is 18.4 Å². The Labute approximate surface area is 125 Å². The van der Waals surface area contributed by atoms with Crippen molar-refractivity contribution in [1.82, 2.24) is 10.3 Å². The average Bonchev–Trinajstić information content (AvgIpc) is 2.55. The molecule has 1 aromatic heterocycles. The van der Waals surface area contributed by atoms with Crippen molar-refractivity contribution in [2.45, 2.75) is 12.5 Å². The summed E-state index contributed by atoms with van der Waals surface area (Å²) in [7, 11) is 3.62. The van der Waals surface area contributed by atoms with Crippen LogP contribution in [0.25, 0.3) is 11.1 Å². The predicted molar refractivity (Wildman–Crippen MR) is 82.5 cm³/mol. The minimum atomic E-state index is 0.405. The van der Waals surface area contributed by atoms with Gasteiger partial charge in [-0.05, 0) is 35.4 Å². The van der Waals surface area contributed by atoms with Crippen molar-refractivity contribution in [3.05, 3.63) is 47.7 Å². The van der Waals surface area contributed by atoms with Crippen molar-refractivity contribution in [2.24, 2.45) is 0 Å². The van der Waals surface area contributed by atoms with Crippen molar-refractivity contribution in [3.8, 4) is 17.0 Å². The molecule has 0 aliphatic carbocycles. The van der Waals surface area contributed by atoms with Crippen LogP contribution in [-0.2, 0) is 11.3 Å². The number of pyridine rings is 1. The zero-order valence-corrected chi connectivity index (χ0v) is 12.4. The number of nitrogens with one attached hydrogen (secondary N) is 1. The highest BCUT2D eigenvalue weighted by Gasteiger charge is 2.22. The number of ether oxygens (including phenoxy) is 2. The van der Waals surface area contributed by atoms with Crippen molar-refractivity contribution in [3.63, 3.8) is 0 Å². The van der Waals surface area contributed by atoms with E-state index in [2.05, 4.69) is 28.5 Å². The summed E-state index contributed by atoms with van der Waals surface area (Å²) in [6.45, 7) is 2.36. The van der Waals surface area contributed by atoms with Crippen LogP contribution in [0.4, 0.5) is 0 Å². The summed E-state index contributed by atoms with van der Waals surface area (Å²) in [4.78, 5) is 4.18. The molecule has 0 saturated carbocycles. The normalized spacial score (nSPS) is 17.3. The van der Waals surface area contributed by atoms with Crippen LogP contribution < -0.4 is 10.1 Å². The first-order chi connectivity index (χ1) is 10.3. The van der Waals surface area contributed by atoms with Crippen molar-refractivity contribution >= 4 is 0 Å². The fraction of sp³-hybridized carbons (Fsp3) is 0.353. The molecule has 1 N–H and O–H groups in total. The molecule has 1 aliphatic rings. The van der Waals surface area contributed by atoms with Gasteiger partial charge in [-0.15, -0.1) is 0 Å². The van der Waals surface area contributed by atoms with E-state index in [1.807, 2.05) is 19.2 Å². The Balaban J connectivity index is 2.05. The monoisotopic (exact) mass is 284 g/mol. The number of benzene rings is 1. The maximum Gasteiger partial charge on any atom is 0.213 e. The number of likely N-dealkylation sites (N-methyl/N-ethyl adjacent to an activating group) is 1. The standard InChI is InChI=1S/C17H20N2O2/c1-18-9-13-10-21-11-16-14(4-3-5-15(13)16)12-6-7-19-17(8-12)20-2/h3-8,13,18H,9-11H2,1-2H3. The summed E-state index contributed by atoms with van der Waals surface area (Å²) in [5.41, 5.74) is 4.97. The van der Waals surface area contributed by atoms with Crippen LogP contribution in [0.3, 0.4) is 0 Å². The highest BCUT2D eigenvalue weighted by molar-refractivity contribution is 5.69. The second-order valence-electron chi connectivity index (χ2n) is 5.23. The molecule has 2 aromatic rings. The van der Waals surface area contributed by atoms with Gasteiger partial charge in [-0.1, -0.05) is 18.2 Å². The van der Waals surface area contributed by atoms with Crippen LogP contribution >= 0.6 is 0 Å². The van der Waals surface area contributed by atoms with Crippen LogP contribution in [0.5, 0.6) is 5.88 Å². The third-order valence-corrected chi connectivity index (χ3v) is 3.92. The molecule has 0 bridgehead atoms. The number of rotatable bonds is 4. The molecule has 110 valence electrons. The zero-order chi connectivity index (χ0) is 14.7. The highest BCUT2D eigenvalue weighted by Crippen LogP contribution is 2.34. The van der Waals surface area contributed by atoms with Crippen LogP contribution in [0.1, 0.15) is 17.0 Å². The van der Waals surface area contributed by atoms with Crippen LogP contribution in [0, 0.1) is 0 Å². The van der Waals surface area contributed by atoms with Gasteiger partial charge in [0, 0.05) is 24.7 Å². The molecule has 0 spiro atoms. The van der Waals surface area contributed by atoms with Crippen LogP contribution in [0.2, 0.25) is 0 Å². The van der Waals surface area contributed by atoms with Crippen LogP contribution in [-0.4, -0.2) is 32.3 Å². The molecular weight excluding hydrogens is 264 g/mol. The van der Waals surface area contributed by atoms with Crippen molar-refractivity contribution in [1.29, 1.82) is 0 Å². The molecule has 1 aliphatic heterocycles. The summed E-state index contributed by atoms with van der Waals surface area (Å²) in [6, 6.07) is 10.5. The number of hydrogen-bond donors (Lipinski definition) is 1. The summed E-state index contributed by atoms with van der Waals surface area (Å²) in [6.07, 6.45) is 1.78. The molecule has 1 unspecified atom stereocenters. The summed E-state index contributed by atoms with van der Waals surface area (Å²) in [5, 5.41) is 3.25. The number of fused-ring (bicyclic) bond motifs is 1. The Morgan fingerprint density at radius 1 is 1.38 bits per heavy atom. The average molecular weight is 284 g/mol. The van der Waals surface area contributed by atoms with E-state index in [1.54, 1.807) is 13.3 Å². The predicted octanol–water partition coefficient (Wildman–Crippen LogP) is 2.59. The van der Waals surface area contributed by atoms with Gasteiger partial charge in [0.15, 0.2) is 0 Å². The second kappa shape index (κ2) is 6.24.